The van der Waals surface area contributed by atoms with Gasteiger partial charge in [0.2, 0.25) is 0 Å². The van der Waals surface area contributed by atoms with Crippen molar-refractivity contribution in [3.63, 3.8) is 0 Å². The lowest BCUT2D eigenvalue weighted by Crippen LogP contribution is -2.48. The summed E-state index contributed by atoms with van der Waals surface area (Å²) >= 11 is 0. The van der Waals surface area contributed by atoms with Crippen molar-refractivity contribution in [3.05, 3.63) is 0 Å². The Kier molecular flexibility index (Phi) is 2.36. The van der Waals surface area contributed by atoms with Crippen LogP contribution in [0.25, 0.3) is 0 Å². The number of likely N-dealkylation sites (N-methyl/N-ethyl adjacent to an activating group) is 1. The number of nitrogens with one attached hydrogen (secondary N) is 2. The Morgan fingerprint density at radius 2 is 2.31 bits per heavy atom. The van der Waals surface area contributed by atoms with Gasteiger partial charge in [0.1, 0.15) is 0 Å². The van der Waals surface area contributed by atoms with Gasteiger partial charge in [0, 0.05) is 6.54 Å². The fraction of sp³-hybridized carbons (Fsp3) is 0.500. The molecule has 1 saturated heterocycles. The third kappa shape index (κ3) is 1.68. The molecule has 0 spiro atoms. The fourth-order valence-corrected chi connectivity index (χ4v) is 1.06. The molecule has 0 aromatic carbocycles. The molecule has 0 saturated carbocycles. The molecule has 0 radical (unpaired) electrons. The summed E-state index contributed by atoms with van der Waals surface area (Å²) in [6.45, 7) is 1.92. The molecule has 7 heteroatoms. The Balaban J connectivity index is 2.67. The first-order valence-electron chi connectivity index (χ1n) is 3.74. The smallest absolute Gasteiger partial charge is 0.326 e. The van der Waals surface area contributed by atoms with E-state index >= 15 is 0 Å². The molecule has 1 atom stereocenters. The molecule has 5 amide bonds. The number of primary amides is 1. The zero-order valence-electron chi connectivity index (χ0n) is 7.03. The van der Waals surface area contributed by atoms with E-state index < -0.39 is 24.1 Å². The van der Waals surface area contributed by atoms with Crippen molar-refractivity contribution in [2.24, 2.45) is 5.73 Å². The van der Waals surface area contributed by atoms with Gasteiger partial charge >= 0.3 is 12.1 Å². The fourth-order valence-electron chi connectivity index (χ4n) is 1.06. The highest BCUT2D eigenvalue weighted by molar-refractivity contribution is 6.05. The summed E-state index contributed by atoms with van der Waals surface area (Å²) in [5.41, 5.74) is 4.79. The highest BCUT2D eigenvalue weighted by Gasteiger charge is 2.37. The van der Waals surface area contributed by atoms with Crippen molar-refractivity contribution < 1.29 is 14.4 Å². The number of hydrogen-bond donors (Lipinski definition) is 3. The summed E-state index contributed by atoms with van der Waals surface area (Å²) in [5.74, 6) is -0.494. The maximum atomic E-state index is 11.3. The third-order valence-electron chi connectivity index (χ3n) is 1.63. The van der Waals surface area contributed by atoms with Crippen LogP contribution in [0.4, 0.5) is 9.59 Å². The van der Waals surface area contributed by atoms with Gasteiger partial charge in [-0.2, -0.15) is 0 Å². The summed E-state index contributed by atoms with van der Waals surface area (Å²) in [7, 11) is 0. The van der Waals surface area contributed by atoms with E-state index in [-0.39, 0.29) is 6.54 Å². The van der Waals surface area contributed by atoms with E-state index in [1.54, 1.807) is 6.92 Å². The largest absolute Gasteiger partial charge is 0.352 e. The first kappa shape index (κ1) is 9.30. The van der Waals surface area contributed by atoms with Gasteiger partial charge in [0.15, 0.2) is 6.17 Å². The molecule has 13 heavy (non-hydrogen) atoms. The quantitative estimate of drug-likeness (QED) is 0.459. The third-order valence-corrected chi connectivity index (χ3v) is 1.63. The van der Waals surface area contributed by atoms with Crippen LogP contribution in [-0.2, 0) is 4.79 Å². The van der Waals surface area contributed by atoms with E-state index in [1.807, 2.05) is 0 Å². The lowest BCUT2D eigenvalue weighted by atomic mass is 10.4. The minimum Gasteiger partial charge on any atom is -0.352 e. The molecule has 0 aromatic heterocycles. The van der Waals surface area contributed by atoms with Crippen LogP contribution in [-0.4, -0.2) is 35.6 Å². The maximum absolute atomic E-state index is 11.3. The van der Waals surface area contributed by atoms with Gasteiger partial charge in [-0.1, -0.05) is 0 Å². The Morgan fingerprint density at radius 3 is 2.69 bits per heavy atom. The molecular weight excluding hydrogens is 176 g/mol. The number of hydrogen-bond acceptors (Lipinski definition) is 3. The van der Waals surface area contributed by atoms with Crippen molar-refractivity contribution in [2.75, 3.05) is 6.54 Å². The van der Waals surface area contributed by atoms with Crippen LogP contribution in [0.3, 0.4) is 0 Å². The van der Waals surface area contributed by atoms with Gasteiger partial charge < -0.3 is 16.4 Å². The second-order valence-electron chi connectivity index (χ2n) is 2.47. The van der Waals surface area contributed by atoms with E-state index in [0.717, 1.165) is 4.90 Å². The minimum absolute atomic E-state index is 0.265. The Morgan fingerprint density at radius 1 is 1.69 bits per heavy atom. The number of nitrogens with two attached hydrogens (primary N) is 1. The summed E-state index contributed by atoms with van der Waals surface area (Å²) in [6, 6.07) is -1.37. The van der Waals surface area contributed by atoms with Crippen LogP contribution in [0.5, 0.6) is 0 Å². The zero-order valence-corrected chi connectivity index (χ0v) is 7.03. The van der Waals surface area contributed by atoms with E-state index in [2.05, 4.69) is 10.6 Å². The molecule has 1 rings (SSSR count). The number of nitrogens with zero attached hydrogens (tertiary/aromatic N) is 1. The summed E-state index contributed by atoms with van der Waals surface area (Å²) in [4.78, 5) is 33.6. The van der Waals surface area contributed by atoms with Crippen LogP contribution in [0.1, 0.15) is 6.92 Å². The van der Waals surface area contributed by atoms with Gasteiger partial charge in [0.25, 0.3) is 5.91 Å². The molecule has 0 aromatic rings. The highest BCUT2D eigenvalue weighted by Crippen LogP contribution is 2.02. The molecule has 1 aliphatic heterocycles. The molecule has 72 valence electrons. The zero-order chi connectivity index (χ0) is 10.0. The highest BCUT2D eigenvalue weighted by atomic mass is 16.2. The van der Waals surface area contributed by atoms with Crippen molar-refractivity contribution in [3.8, 4) is 0 Å². The average Bonchev–Trinajstić information content (AvgIpc) is 2.26. The van der Waals surface area contributed by atoms with Gasteiger partial charge in [-0.15, -0.1) is 0 Å². The van der Waals surface area contributed by atoms with Gasteiger partial charge in [0.05, 0.1) is 0 Å². The predicted molar refractivity (Wildman–Crippen MR) is 42.4 cm³/mol. The minimum atomic E-state index is -1.02. The van der Waals surface area contributed by atoms with Crippen LogP contribution in [0.2, 0.25) is 0 Å². The molecule has 4 N–H and O–H groups in total. The van der Waals surface area contributed by atoms with Crippen LogP contribution in [0.15, 0.2) is 0 Å². The molecule has 7 nitrogen and oxygen atoms in total. The Labute approximate surface area is 74.2 Å². The summed E-state index contributed by atoms with van der Waals surface area (Å²) < 4.78 is 0. The first-order chi connectivity index (χ1) is 6.06. The van der Waals surface area contributed by atoms with Gasteiger partial charge in [-0.3, -0.25) is 9.69 Å². The van der Waals surface area contributed by atoms with Gasteiger partial charge in [-0.05, 0) is 6.92 Å². The van der Waals surface area contributed by atoms with Crippen LogP contribution < -0.4 is 16.4 Å². The molecule has 1 fully saturated rings. The Hall–Kier alpha value is -1.79. The summed E-state index contributed by atoms with van der Waals surface area (Å²) in [6.07, 6.45) is -1.02. The van der Waals surface area contributed by atoms with Crippen LogP contribution >= 0.6 is 0 Å². The second kappa shape index (κ2) is 3.30. The van der Waals surface area contributed by atoms with Crippen molar-refractivity contribution >= 4 is 18.0 Å². The predicted octanol–water partition coefficient (Wildman–Crippen LogP) is -1.45. The SMILES string of the molecule is CCN1C(=O)NC(NC(N)=O)C1=O. The van der Waals surface area contributed by atoms with Crippen molar-refractivity contribution in [1.82, 2.24) is 15.5 Å². The molecular formula is C6H10N4O3. The number of imide groups is 1. The van der Waals surface area contributed by atoms with E-state index in [0.29, 0.717) is 0 Å². The van der Waals surface area contributed by atoms with Crippen LogP contribution in [0, 0.1) is 0 Å². The van der Waals surface area contributed by atoms with E-state index in [9.17, 15) is 14.4 Å². The first-order valence-corrected chi connectivity index (χ1v) is 3.74. The number of carbonyl (C=O) groups is 3. The van der Waals surface area contributed by atoms with E-state index in [1.165, 1.54) is 0 Å². The maximum Gasteiger partial charge on any atom is 0.326 e. The average molecular weight is 186 g/mol. The Bertz CT molecular complexity index is 265. The number of rotatable bonds is 2. The molecule has 0 bridgehead atoms. The van der Waals surface area contributed by atoms with Gasteiger partial charge in [-0.25, -0.2) is 9.59 Å². The molecule has 1 aliphatic rings. The van der Waals surface area contributed by atoms with Crippen molar-refractivity contribution in [2.45, 2.75) is 13.1 Å². The molecule has 1 unspecified atom stereocenters. The molecule has 0 aliphatic carbocycles. The number of carbonyl (C=O) groups excluding carboxylic acids is 3. The molecule has 1 heterocycles. The lowest BCUT2D eigenvalue weighted by Gasteiger charge is -2.09. The standard InChI is InChI=1S/C6H10N4O3/c1-2-10-4(11)3(8-5(7)12)9-6(10)13/h3H,2H2,1H3,(H,9,13)(H3,7,8,12). The second-order valence-corrected chi connectivity index (χ2v) is 2.47. The van der Waals surface area contributed by atoms with Crippen molar-refractivity contribution in [1.29, 1.82) is 0 Å². The summed E-state index contributed by atoms with van der Waals surface area (Å²) in [5, 5.41) is 4.36. The normalized spacial score (nSPS) is 21.6. The topological polar surface area (TPSA) is 105 Å². The monoisotopic (exact) mass is 186 g/mol. The number of amides is 5. The number of urea groups is 2. The lowest BCUT2D eigenvalue weighted by molar-refractivity contribution is -0.127. The van der Waals surface area contributed by atoms with E-state index in [4.69, 9.17) is 5.73 Å².